The van der Waals surface area contributed by atoms with Crippen LogP contribution in [0.3, 0.4) is 0 Å². The van der Waals surface area contributed by atoms with Crippen LogP contribution in [0.15, 0.2) is 24.3 Å². The Kier molecular flexibility index (Phi) is 3.74. The molecule has 1 aliphatic heterocycles. The van der Waals surface area contributed by atoms with Crippen molar-refractivity contribution < 1.29 is 19.4 Å². The summed E-state index contributed by atoms with van der Waals surface area (Å²) in [7, 11) is 0. The fourth-order valence-corrected chi connectivity index (χ4v) is 2.14. The molecule has 1 N–H and O–H groups in total. The van der Waals surface area contributed by atoms with Crippen molar-refractivity contribution in [1.82, 2.24) is 0 Å². The molecule has 0 radical (unpaired) electrons. The van der Waals surface area contributed by atoms with Crippen molar-refractivity contribution in [2.45, 2.75) is 26.4 Å². The van der Waals surface area contributed by atoms with Crippen molar-refractivity contribution in [3.05, 3.63) is 24.3 Å². The highest BCUT2D eigenvalue weighted by Crippen LogP contribution is 2.27. The standard InChI is InChI=1S/C14H17NO4/c1-9(2)19-11-5-3-10(4-6-11)15-8-7-12(13(15)16)14(17)18/h3-6,9,12H,7-8H2,1-2H3,(H,17,18). The van der Waals surface area contributed by atoms with Crippen LogP contribution in [0.2, 0.25) is 0 Å². The highest BCUT2D eigenvalue weighted by atomic mass is 16.5. The number of ether oxygens (including phenoxy) is 1. The van der Waals surface area contributed by atoms with E-state index in [0.29, 0.717) is 18.7 Å². The van der Waals surface area contributed by atoms with Gasteiger partial charge in [0, 0.05) is 12.2 Å². The molecule has 102 valence electrons. The molecule has 1 aromatic carbocycles. The highest BCUT2D eigenvalue weighted by Gasteiger charge is 2.37. The van der Waals surface area contributed by atoms with Crippen LogP contribution in [-0.4, -0.2) is 29.6 Å². The number of anilines is 1. The Morgan fingerprint density at radius 1 is 1.37 bits per heavy atom. The van der Waals surface area contributed by atoms with Crippen LogP contribution in [0.25, 0.3) is 0 Å². The molecular formula is C14H17NO4. The summed E-state index contributed by atoms with van der Waals surface area (Å²) in [6.07, 6.45) is 0.453. The molecule has 2 rings (SSSR count). The van der Waals surface area contributed by atoms with Gasteiger partial charge in [0.1, 0.15) is 11.7 Å². The first kappa shape index (κ1) is 13.4. The van der Waals surface area contributed by atoms with Gasteiger partial charge in [0.05, 0.1) is 6.10 Å². The molecule has 1 unspecified atom stereocenters. The first-order chi connectivity index (χ1) is 8.99. The number of rotatable bonds is 4. The fourth-order valence-electron chi connectivity index (χ4n) is 2.14. The molecule has 0 bridgehead atoms. The number of carbonyl (C=O) groups excluding carboxylic acids is 1. The van der Waals surface area contributed by atoms with Crippen LogP contribution in [0.1, 0.15) is 20.3 Å². The number of hydrogen-bond donors (Lipinski definition) is 1. The summed E-state index contributed by atoms with van der Waals surface area (Å²) in [6, 6.07) is 7.13. The van der Waals surface area contributed by atoms with Gasteiger partial charge < -0.3 is 14.7 Å². The van der Waals surface area contributed by atoms with Gasteiger partial charge in [-0.05, 0) is 44.5 Å². The number of carbonyl (C=O) groups is 2. The van der Waals surface area contributed by atoms with E-state index in [1.54, 1.807) is 24.3 Å². The molecule has 1 fully saturated rings. The molecule has 5 nitrogen and oxygen atoms in total. The third-order valence-corrected chi connectivity index (χ3v) is 3.02. The van der Waals surface area contributed by atoms with Gasteiger partial charge >= 0.3 is 5.97 Å². The van der Waals surface area contributed by atoms with Crippen molar-refractivity contribution in [2.24, 2.45) is 5.92 Å². The molecule has 0 saturated carbocycles. The molecule has 1 atom stereocenters. The summed E-state index contributed by atoms with van der Waals surface area (Å²) < 4.78 is 5.52. The highest BCUT2D eigenvalue weighted by molar-refractivity contribution is 6.07. The van der Waals surface area contributed by atoms with E-state index in [0.717, 1.165) is 5.75 Å². The predicted octanol–water partition coefficient (Wildman–Crippen LogP) is 1.91. The van der Waals surface area contributed by atoms with E-state index < -0.39 is 11.9 Å². The first-order valence-electron chi connectivity index (χ1n) is 6.30. The van der Waals surface area contributed by atoms with Crippen LogP contribution in [0, 0.1) is 5.92 Å². The Hall–Kier alpha value is -2.04. The number of carboxylic acid groups (broad SMARTS) is 1. The monoisotopic (exact) mass is 263 g/mol. The molecule has 1 heterocycles. The average Bonchev–Trinajstić information content (AvgIpc) is 2.71. The normalized spacial score (nSPS) is 19.0. The van der Waals surface area contributed by atoms with E-state index in [-0.39, 0.29) is 12.0 Å². The minimum absolute atomic E-state index is 0.0932. The zero-order valence-corrected chi connectivity index (χ0v) is 11.0. The lowest BCUT2D eigenvalue weighted by Gasteiger charge is -2.17. The van der Waals surface area contributed by atoms with E-state index >= 15 is 0 Å². The van der Waals surface area contributed by atoms with Crippen molar-refractivity contribution in [3.8, 4) is 5.75 Å². The molecular weight excluding hydrogens is 246 g/mol. The van der Waals surface area contributed by atoms with E-state index in [9.17, 15) is 9.59 Å². The second-order valence-corrected chi connectivity index (χ2v) is 4.83. The molecule has 0 spiro atoms. The van der Waals surface area contributed by atoms with Gasteiger partial charge in [-0.2, -0.15) is 0 Å². The van der Waals surface area contributed by atoms with Crippen molar-refractivity contribution in [3.63, 3.8) is 0 Å². The fraction of sp³-hybridized carbons (Fsp3) is 0.429. The third-order valence-electron chi connectivity index (χ3n) is 3.02. The number of hydrogen-bond acceptors (Lipinski definition) is 3. The second-order valence-electron chi connectivity index (χ2n) is 4.83. The minimum atomic E-state index is -1.05. The third kappa shape index (κ3) is 2.86. The van der Waals surface area contributed by atoms with Gasteiger partial charge in [-0.3, -0.25) is 9.59 Å². The SMILES string of the molecule is CC(C)Oc1ccc(N2CCC(C(=O)O)C2=O)cc1. The number of amides is 1. The maximum atomic E-state index is 11.9. The first-order valence-corrected chi connectivity index (χ1v) is 6.30. The lowest BCUT2D eigenvalue weighted by Crippen LogP contribution is -2.30. The lowest BCUT2D eigenvalue weighted by molar-refractivity contribution is -0.144. The molecule has 1 aromatic rings. The van der Waals surface area contributed by atoms with E-state index in [4.69, 9.17) is 9.84 Å². The Labute approximate surface area is 111 Å². The van der Waals surface area contributed by atoms with Gasteiger partial charge in [0.15, 0.2) is 0 Å². The van der Waals surface area contributed by atoms with Crippen molar-refractivity contribution >= 4 is 17.6 Å². The average molecular weight is 263 g/mol. The Morgan fingerprint density at radius 3 is 2.47 bits per heavy atom. The molecule has 0 aliphatic carbocycles. The van der Waals surface area contributed by atoms with Gasteiger partial charge in [-0.25, -0.2) is 0 Å². The summed E-state index contributed by atoms with van der Waals surface area (Å²) >= 11 is 0. The van der Waals surface area contributed by atoms with Crippen LogP contribution in [-0.2, 0) is 9.59 Å². The summed E-state index contributed by atoms with van der Waals surface area (Å²) in [6.45, 7) is 4.32. The largest absolute Gasteiger partial charge is 0.491 e. The zero-order valence-electron chi connectivity index (χ0n) is 11.0. The van der Waals surface area contributed by atoms with Gasteiger partial charge in [0.2, 0.25) is 5.91 Å². The van der Waals surface area contributed by atoms with Crippen LogP contribution >= 0.6 is 0 Å². The summed E-state index contributed by atoms with van der Waals surface area (Å²) in [5, 5.41) is 8.92. The van der Waals surface area contributed by atoms with Crippen LogP contribution in [0.5, 0.6) is 5.75 Å². The summed E-state index contributed by atoms with van der Waals surface area (Å²) in [4.78, 5) is 24.3. The second kappa shape index (κ2) is 5.30. The Bertz CT molecular complexity index is 481. The maximum Gasteiger partial charge on any atom is 0.316 e. The number of nitrogens with zero attached hydrogens (tertiary/aromatic N) is 1. The number of benzene rings is 1. The Morgan fingerprint density at radius 2 is 2.00 bits per heavy atom. The van der Waals surface area contributed by atoms with Gasteiger partial charge in [-0.15, -0.1) is 0 Å². The number of aliphatic carboxylic acids is 1. The van der Waals surface area contributed by atoms with E-state index in [1.165, 1.54) is 4.90 Å². The van der Waals surface area contributed by atoms with Crippen molar-refractivity contribution in [2.75, 3.05) is 11.4 Å². The lowest BCUT2D eigenvalue weighted by atomic mass is 10.1. The van der Waals surface area contributed by atoms with Crippen LogP contribution < -0.4 is 9.64 Å². The number of carboxylic acids is 1. The van der Waals surface area contributed by atoms with Crippen molar-refractivity contribution in [1.29, 1.82) is 0 Å². The van der Waals surface area contributed by atoms with Crippen LogP contribution in [0.4, 0.5) is 5.69 Å². The minimum Gasteiger partial charge on any atom is -0.491 e. The van der Waals surface area contributed by atoms with Gasteiger partial charge in [0.25, 0.3) is 0 Å². The molecule has 1 amide bonds. The summed E-state index contributed by atoms with van der Waals surface area (Å²) in [5.74, 6) is -1.57. The molecule has 1 aliphatic rings. The molecule has 1 saturated heterocycles. The van der Waals surface area contributed by atoms with Gasteiger partial charge in [-0.1, -0.05) is 0 Å². The predicted molar refractivity (Wildman–Crippen MR) is 70.3 cm³/mol. The van der Waals surface area contributed by atoms with E-state index in [2.05, 4.69) is 0 Å². The summed E-state index contributed by atoms with van der Waals surface area (Å²) in [5.41, 5.74) is 0.713. The maximum absolute atomic E-state index is 11.9. The Balaban J connectivity index is 2.11. The molecule has 0 aromatic heterocycles. The molecule has 5 heteroatoms. The zero-order chi connectivity index (χ0) is 14.0. The topological polar surface area (TPSA) is 66.8 Å². The quantitative estimate of drug-likeness (QED) is 0.843. The van der Waals surface area contributed by atoms with E-state index in [1.807, 2.05) is 13.8 Å². The molecule has 19 heavy (non-hydrogen) atoms. The smallest absolute Gasteiger partial charge is 0.316 e.